The molecule has 0 radical (unpaired) electrons. The topological polar surface area (TPSA) is 143 Å². The third-order valence-electron chi connectivity index (χ3n) is 3.72. The maximum atomic E-state index is 10.9. The van der Waals surface area contributed by atoms with Gasteiger partial charge in [0.15, 0.2) is 0 Å². The molecule has 3 rings (SSSR count). The third-order valence-corrected chi connectivity index (χ3v) is 3.72. The summed E-state index contributed by atoms with van der Waals surface area (Å²) in [6.45, 7) is 3.30. The number of aromatic nitrogens is 4. The third kappa shape index (κ3) is 2.94. The maximum absolute atomic E-state index is 10.9. The van der Waals surface area contributed by atoms with Crippen molar-refractivity contribution in [3.05, 3.63) is 62.3 Å². The molecule has 11 nitrogen and oxygen atoms in total. The molecule has 0 aliphatic carbocycles. The Balaban J connectivity index is 1.88. The molecule has 0 N–H and O–H groups in total. The number of rotatable bonds is 5. The van der Waals surface area contributed by atoms with Crippen molar-refractivity contribution in [2.45, 2.75) is 19.9 Å². The molecule has 1 unspecified atom stereocenters. The molecule has 0 bridgehead atoms. The fraction of sp³-hybridized carbons (Fsp3) is 0.214. The Hall–Kier alpha value is -3.63. The lowest BCUT2D eigenvalue weighted by atomic mass is 10.2. The first-order valence-corrected chi connectivity index (χ1v) is 7.15. The number of nitro benzene ring substituents is 1. The van der Waals surface area contributed by atoms with E-state index in [1.54, 1.807) is 13.8 Å². The molecule has 0 aliphatic heterocycles. The zero-order valence-corrected chi connectivity index (χ0v) is 13.2. The fourth-order valence-electron chi connectivity index (χ4n) is 2.34. The van der Waals surface area contributed by atoms with Crippen LogP contribution < -0.4 is 0 Å². The molecule has 1 aromatic carbocycles. The highest BCUT2D eigenvalue weighted by Crippen LogP contribution is 2.26. The monoisotopic (exact) mass is 344 g/mol. The van der Waals surface area contributed by atoms with Gasteiger partial charge in [-0.05, 0) is 26.0 Å². The van der Waals surface area contributed by atoms with Crippen LogP contribution in [-0.4, -0.2) is 29.8 Å². The number of hydrogen-bond acceptors (Lipinski definition) is 8. The summed E-state index contributed by atoms with van der Waals surface area (Å²) in [5, 5.41) is 29.4. The van der Waals surface area contributed by atoms with E-state index in [-0.39, 0.29) is 23.1 Å². The van der Waals surface area contributed by atoms with Crippen molar-refractivity contribution < 1.29 is 14.4 Å². The fourth-order valence-corrected chi connectivity index (χ4v) is 2.34. The summed E-state index contributed by atoms with van der Waals surface area (Å²) in [5.41, 5.74) is 0.783. The molecule has 2 heterocycles. The quantitative estimate of drug-likeness (QED) is 0.507. The summed E-state index contributed by atoms with van der Waals surface area (Å²) in [5.74, 6) is 0.477. The maximum Gasteiger partial charge on any atom is 0.309 e. The van der Waals surface area contributed by atoms with E-state index in [4.69, 9.17) is 4.52 Å². The molecule has 0 spiro atoms. The molecule has 11 heteroatoms. The molecular weight excluding hydrogens is 332 g/mol. The van der Waals surface area contributed by atoms with Crippen LogP contribution in [0.4, 0.5) is 11.4 Å². The van der Waals surface area contributed by atoms with Crippen LogP contribution >= 0.6 is 0 Å². The van der Waals surface area contributed by atoms with Gasteiger partial charge in [0.05, 0.1) is 9.85 Å². The van der Waals surface area contributed by atoms with Gasteiger partial charge in [0, 0.05) is 17.7 Å². The Kier molecular flexibility index (Phi) is 3.97. The van der Waals surface area contributed by atoms with E-state index >= 15 is 0 Å². The zero-order chi connectivity index (χ0) is 18.1. The molecule has 1 atom stereocenters. The molecule has 0 saturated heterocycles. The minimum atomic E-state index is -0.512. The van der Waals surface area contributed by atoms with Crippen molar-refractivity contribution in [1.29, 1.82) is 0 Å². The normalized spacial score (nSPS) is 12.1. The second-order valence-electron chi connectivity index (χ2n) is 5.25. The minimum Gasteiger partial charge on any atom is -0.337 e. The molecule has 0 saturated carbocycles. The second-order valence-corrected chi connectivity index (χ2v) is 5.25. The SMILES string of the molecule is Cc1c([N+](=O)[O-])cnn1C(C)c1nc(-c2ccc([N+](=O)[O-])cc2)no1. The second kappa shape index (κ2) is 6.11. The van der Waals surface area contributed by atoms with Gasteiger partial charge in [-0.1, -0.05) is 5.16 Å². The van der Waals surface area contributed by atoms with Crippen LogP contribution in [0.25, 0.3) is 11.4 Å². The van der Waals surface area contributed by atoms with Crippen LogP contribution in [0.5, 0.6) is 0 Å². The number of nitrogens with zero attached hydrogens (tertiary/aromatic N) is 6. The predicted molar refractivity (Wildman–Crippen MR) is 83.8 cm³/mol. The first kappa shape index (κ1) is 16.2. The highest BCUT2D eigenvalue weighted by Gasteiger charge is 2.24. The van der Waals surface area contributed by atoms with E-state index in [0.717, 1.165) is 0 Å². The Labute approximate surface area is 140 Å². The van der Waals surface area contributed by atoms with Crippen LogP contribution in [0.3, 0.4) is 0 Å². The number of nitro groups is 2. The van der Waals surface area contributed by atoms with E-state index < -0.39 is 15.9 Å². The number of benzene rings is 1. The molecule has 25 heavy (non-hydrogen) atoms. The van der Waals surface area contributed by atoms with E-state index in [1.807, 2.05) is 0 Å². The van der Waals surface area contributed by atoms with E-state index in [9.17, 15) is 20.2 Å². The summed E-state index contributed by atoms with van der Waals surface area (Å²) in [6.07, 6.45) is 1.17. The summed E-state index contributed by atoms with van der Waals surface area (Å²) in [6, 6.07) is 5.21. The van der Waals surface area contributed by atoms with Gasteiger partial charge in [0.25, 0.3) is 11.6 Å². The van der Waals surface area contributed by atoms with E-state index in [1.165, 1.54) is 35.1 Å². The van der Waals surface area contributed by atoms with Gasteiger partial charge in [-0.15, -0.1) is 0 Å². The average Bonchev–Trinajstić information content (AvgIpc) is 3.21. The lowest BCUT2D eigenvalue weighted by Crippen LogP contribution is -2.10. The molecular formula is C14H12N6O5. The Morgan fingerprint density at radius 1 is 1.16 bits per heavy atom. The molecule has 128 valence electrons. The first-order valence-electron chi connectivity index (χ1n) is 7.15. The predicted octanol–water partition coefficient (Wildman–Crippen LogP) is 2.67. The summed E-state index contributed by atoms with van der Waals surface area (Å²) in [7, 11) is 0. The summed E-state index contributed by atoms with van der Waals surface area (Å²) in [4.78, 5) is 24.8. The number of non-ortho nitro benzene ring substituents is 1. The van der Waals surface area contributed by atoms with Crippen LogP contribution in [0.2, 0.25) is 0 Å². The smallest absolute Gasteiger partial charge is 0.309 e. The molecule has 2 aromatic heterocycles. The van der Waals surface area contributed by atoms with Crippen molar-refractivity contribution in [2.24, 2.45) is 0 Å². The van der Waals surface area contributed by atoms with Crippen LogP contribution in [-0.2, 0) is 0 Å². The van der Waals surface area contributed by atoms with Crippen molar-refractivity contribution in [2.75, 3.05) is 0 Å². The Bertz CT molecular complexity index is 945. The molecule has 0 fully saturated rings. The molecule has 0 aliphatic rings. The van der Waals surface area contributed by atoms with Gasteiger partial charge < -0.3 is 4.52 Å². The van der Waals surface area contributed by atoms with Gasteiger partial charge in [-0.3, -0.25) is 24.9 Å². The lowest BCUT2D eigenvalue weighted by molar-refractivity contribution is -0.385. The number of hydrogen-bond donors (Lipinski definition) is 0. The highest BCUT2D eigenvalue weighted by molar-refractivity contribution is 5.56. The average molecular weight is 344 g/mol. The van der Waals surface area contributed by atoms with Gasteiger partial charge in [0.2, 0.25) is 5.82 Å². The first-order chi connectivity index (χ1) is 11.9. The van der Waals surface area contributed by atoms with Crippen LogP contribution in [0, 0.1) is 27.2 Å². The summed E-state index contributed by atoms with van der Waals surface area (Å²) >= 11 is 0. The highest BCUT2D eigenvalue weighted by atomic mass is 16.6. The standard InChI is InChI=1S/C14H12N6O5/c1-8-12(20(23)24)7-15-18(8)9(2)14-16-13(17-25-14)10-3-5-11(6-4-10)19(21)22/h3-7,9H,1-2H3. The van der Waals surface area contributed by atoms with Gasteiger partial charge in [-0.25, -0.2) is 0 Å². The largest absolute Gasteiger partial charge is 0.337 e. The van der Waals surface area contributed by atoms with Crippen molar-refractivity contribution in [3.8, 4) is 11.4 Å². The van der Waals surface area contributed by atoms with Crippen LogP contribution in [0.1, 0.15) is 24.6 Å². The van der Waals surface area contributed by atoms with Gasteiger partial charge in [0.1, 0.15) is 17.9 Å². The Morgan fingerprint density at radius 3 is 2.40 bits per heavy atom. The summed E-state index contributed by atoms with van der Waals surface area (Å²) < 4.78 is 6.63. The molecule has 0 amide bonds. The van der Waals surface area contributed by atoms with Crippen molar-refractivity contribution in [1.82, 2.24) is 19.9 Å². The van der Waals surface area contributed by atoms with Gasteiger partial charge in [-0.2, -0.15) is 10.1 Å². The van der Waals surface area contributed by atoms with Crippen LogP contribution in [0.15, 0.2) is 35.0 Å². The minimum absolute atomic E-state index is 0.0414. The van der Waals surface area contributed by atoms with E-state index in [2.05, 4.69) is 15.2 Å². The van der Waals surface area contributed by atoms with Gasteiger partial charge >= 0.3 is 5.69 Å². The zero-order valence-electron chi connectivity index (χ0n) is 13.2. The lowest BCUT2D eigenvalue weighted by Gasteiger charge is -2.08. The Morgan fingerprint density at radius 2 is 1.84 bits per heavy atom. The van der Waals surface area contributed by atoms with Crippen molar-refractivity contribution >= 4 is 11.4 Å². The van der Waals surface area contributed by atoms with E-state index in [0.29, 0.717) is 11.3 Å². The molecule has 3 aromatic rings. The van der Waals surface area contributed by atoms with Crippen molar-refractivity contribution in [3.63, 3.8) is 0 Å².